The largest absolute Gasteiger partial charge is 0.394 e. The summed E-state index contributed by atoms with van der Waals surface area (Å²) in [6.07, 6.45) is 30.7. The quantitative estimate of drug-likeness (QED) is 0.0270. The predicted octanol–water partition coefficient (Wildman–Crippen LogP) is 5.82. The van der Waals surface area contributed by atoms with E-state index in [0.717, 1.165) is 64.2 Å². The molecule has 65 heavy (non-hydrogen) atoms. The van der Waals surface area contributed by atoms with Gasteiger partial charge >= 0.3 is 0 Å². The van der Waals surface area contributed by atoms with Gasteiger partial charge in [0.25, 0.3) is 0 Å². The van der Waals surface area contributed by atoms with Crippen molar-refractivity contribution in [2.45, 2.75) is 209 Å². The fourth-order valence-electron chi connectivity index (χ4n) is 7.37. The van der Waals surface area contributed by atoms with Gasteiger partial charge in [-0.05, 0) is 57.8 Å². The SMILES string of the molecule is CC/C=C\C/C=C\C/C=C\C/C=C\C/C=C\C/C=C\CCC(=O)NC(COC1OC(CO)C(OC2OC(CO)C(O)C(O)C2O)C(O)C1O)C(O)/C=C/CCCCCCCCCCCC. The molecule has 0 aromatic carbocycles. The Kier molecular flexibility index (Phi) is 33.4. The van der Waals surface area contributed by atoms with E-state index in [-0.39, 0.29) is 18.9 Å². The van der Waals surface area contributed by atoms with Gasteiger partial charge < -0.3 is 65.1 Å². The molecule has 2 fully saturated rings. The highest BCUT2D eigenvalue weighted by atomic mass is 16.7. The Morgan fingerprint density at radius 3 is 1.60 bits per heavy atom. The third-order valence-corrected chi connectivity index (χ3v) is 11.4. The molecule has 2 aliphatic rings. The number of nitrogens with one attached hydrogen (secondary N) is 1. The van der Waals surface area contributed by atoms with E-state index in [1.54, 1.807) is 6.08 Å². The Morgan fingerprint density at radius 2 is 1.06 bits per heavy atom. The zero-order valence-corrected chi connectivity index (χ0v) is 39.2. The molecule has 0 aliphatic carbocycles. The van der Waals surface area contributed by atoms with Crippen molar-refractivity contribution in [3.8, 4) is 0 Å². The summed E-state index contributed by atoms with van der Waals surface area (Å²) < 4.78 is 22.6. The van der Waals surface area contributed by atoms with Gasteiger partial charge in [0.15, 0.2) is 12.6 Å². The number of carbonyl (C=O) groups excluding carboxylic acids is 1. The van der Waals surface area contributed by atoms with Crippen molar-refractivity contribution < 1.29 is 64.6 Å². The van der Waals surface area contributed by atoms with Crippen LogP contribution in [-0.2, 0) is 23.7 Å². The van der Waals surface area contributed by atoms with Crippen LogP contribution in [0.25, 0.3) is 0 Å². The van der Waals surface area contributed by atoms with Crippen molar-refractivity contribution in [2.75, 3.05) is 19.8 Å². The number of hydrogen-bond acceptors (Lipinski definition) is 13. The Hall–Kier alpha value is -2.83. The highest BCUT2D eigenvalue weighted by Gasteiger charge is 2.51. The van der Waals surface area contributed by atoms with Crippen molar-refractivity contribution in [1.29, 1.82) is 0 Å². The predicted molar refractivity (Wildman–Crippen MR) is 253 cm³/mol. The smallest absolute Gasteiger partial charge is 0.220 e. The first-order valence-corrected chi connectivity index (χ1v) is 24.3. The lowest BCUT2D eigenvalue weighted by atomic mass is 9.97. The number of ether oxygens (including phenoxy) is 4. The van der Waals surface area contributed by atoms with Crippen molar-refractivity contribution in [2.24, 2.45) is 0 Å². The molecule has 0 aromatic rings. The Morgan fingerprint density at radius 1 is 0.569 bits per heavy atom. The second kappa shape index (κ2) is 37.2. The van der Waals surface area contributed by atoms with Crippen molar-refractivity contribution in [3.63, 3.8) is 0 Å². The molecular formula is C51H85NO13. The average molecular weight is 920 g/mol. The normalized spacial score (nSPS) is 27.8. The number of hydrogen-bond donors (Lipinski definition) is 9. The zero-order valence-electron chi connectivity index (χ0n) is 39.2. The van der Waals surface area contributed by atoms with Gasteiger partial charge in [-0.25, -0.2) is 0 Å². The maximum atomic E-state index is 13.1. The van der Waals surface area contributed by atoms with Gasteiger partial charge in [-0.1, -0.05) is 157 Å². The lowest BCUT2D eigenvalue weighted by Crippen LogP contribution is -2.65. The van der Waals surface area contributed by atoms with Gasteiger partial charge in [0.05, 0.1) is 32.0 Å². The second-order valence-corrected chi connectivity index (χ2v) is 16.9. The summed E-state index contributed by atoms with van der Waals surface area (Å²) >= 11 is 0. The average Bonchev–Trinajstić information content (AvgIpc) is 3.30. The topological polar surface area (TPSA) is 228 Å². The molecule has 2 rings (SSSR count). The highest BCUT2D eigenvalue weighted by molar-refractivity contribution is 5.76. The summed E-state index contributed by atoms with van der Waals surface area (Å²) in [4.78, 5) is 13.1. The minimum Gasteiger partial charge on any atom is -0.394 e. The first kappa shape index (κ1) is 58.3. The molecule has 14 heteroatoms. The van der Waals surface area contributed by atoms with E-state index in [1.807, 2.05) is 18.2 Å². The van der Waals surface area contributed by atoms with Crippen LogP contribution >= 0.6 is 0 Å². The monoisotopic (exact) mass is 920 g/mol. The molecule has 9 N–H and O–H groups in total. The first-order chi connectivity index (χ1) is 31.6. The van der Waals surface area contributed by atoms with Crippen LogP contribution in [0.3, 0.4) is 0 Å². The number of allylic oxidation sites excluding steroid dienone is 13. The van der Waals surface area contributed by atoms with Gasteiger partial charge in [-0.3, -0.25) is 4.79 Å². The van der Waals surface area contributed by atoms with Crippen LogP contribution in [0, 0.1) is 0 Å². The molecule has 14 nitrogen and oxygen atoms in total. The number of aliphatic hydroxyl groups is 8. The van der Waals surface area contributed by atoms with Crippen molar-refractivity contribution >= 4 is 5.91 Å². The Labute approximate surface area is 389 Å². The van der Waals surface area contributed by atoms with Gasteiger partial charge in [-0.15, -0.1) is 0 Å². The van der Waals surface area contributed by atoms with E-state index in [4.69, 9.17) is 18.9 Å². The number of unbranched alkanes of at least 4 members (excludes halogenated alkanes) is 10. The van der Waals surface area contributed by atoms with Crippen molar-refractivity contribution in [1.82, 2.24) is 5.32 Å². The van der Waals surface area contributed by atoms with E-state index < -0.39 is 86.8 Å². The van der Waals surface area contributed by atoms with Crippen LogP contribution in [0.4, 0.5) is 0 Å². The van der Waals surface area contributed by atoms with E-state index in [2.05, 4.69) is 79.9 Å². The first-order valence-electron chi connectivity index (χ1n) is 24.3. The van der Waals surface area contributed by atoms with Gasteiger partial charge in [-0.2, -0.15) is 0 Å². The molecule has 2 saturated heterocycles. The Balaban J connectivity index is 1.90. The summed E-state index contributed by atoms with van der Waals surface area (Å²) in [6, 6.07) is -0.958. The fraction of sp³-hybridized carbons (Fsp3) is 0.706. The van der Waals surface area contributed by atoms with Crippen LogP contribution in [0.1, 0.15) is 136 Å². The van der Waals surface area contributed by atoms with Crippen molar-refractivity contribution in [3.05, 3.63) is 85.1 Å². The van der Waals surface area contributed by atoms with Crippen LogP contribution in [-0.4, -0.2) is 140 Å². The molecule has 12 atom stereocenters. The van der Waals surface area contributed by atoms with E-state index in [0.29, 0.717) is 6.42 Å². The number of rotatable bonds is 35. The van der Waals surface area contributed by atoms with Gasteiger partial charge in [0.1, 0.15) is 48.8 Å². The summed E-state index contributed by atoms with van der Waals surface area (Å²) in [5.74, 6) is -0.327. The maximum absolute atomic E-state index is 13.1. The van der Waals surface area contributed by atoms with Gasteiger partial charge in [0, 0.05) is 6.42 Å². The molecule has 0 saturated carbocycles. The summed E-state index contributed by atoms with van der Waals surface area (Å²) in [5, 5.41) is 86.5. The number of aliphatic hydroxyl groups excluding tert-OH is 8. The molecule has 0 bridgehead atoms. The van der Waals surface area contributed by atoms with Crippen LogP contribution < -0.4 is 5.32 Å². The maximum Gasteiger partial charge on any atom is 0.220 e. The fourth-order valence-corrected chi connectivity index (χ4v) is 7.37. The lowest BCUT2D eigenvalue weighted by Gasteiger charge is -2.46. The summed E-state index contributed by atoms with van der Waals surface area (Å²) in [5.41, 5.74) is 0. The molecule has 0 aromatic heterocycles. The van der Waals surface area contributed by atoms with Crippen LogP contribution in [0.2, 0.25) is 0 Å². The molecular weight excluding hydrogens is 835 g/mol. The Bertz CT molecular complexity index is 1410. The third kappa shape index (κ3) is 24.7. The van der Waals surface area contributed by atoms with E-state index in [1.165, 1.54) is 44.9 Å². The minimum atomic E-state index is -1.80. The summed E-state index contributed by atoms with van der Waals surface area (Å²) in [6.45, 7) is 2.58. The van der Waals surface area contributed by atoms with E-state index in [9.17, 15) is 45.6 Å². The lowest BCUT2D eigenvalue weighted by molar-refractivity contribution is -0.359. The minimum absolute atomic E-state index is 0.151. The third-order valence-electron chi connectivity index (χ3n) is 11.4. The number of amides is 1. The summed E-state index contributed by atoms with van der Waals surface area (Å²) in [7, 11) is 0. The molecule has 2 heterocycles. The molecule has 1 amide bonds. The van der Waals surface area contributed by atoms with Gasteiger partial charge in [0.2, 0.25) is 5.91 Å². The van der Waals surface area contributed by atoms with Crippen LogP contribution in [0.5, 0.6) is 0 Å². The number of carbonyl (C=O) groups is 1. The standard InChI is InChI=1S/C51H85NO13/c1-3-5-7-9-11-13-15-17-18-19-20-21-22-23-25-27-29-31-33-35-43(56)52-39(40(55)34-32-30-28-26-24-16-14-12-10-8-6-4-2)38-62-50-48(61)46(59)49(42(37-54)64-50)65-51-47(60)45(58)44(57)41(36-53)63-51/h5,7,11,13,17-18,20-21,23,25,29,31-32,34,39-42,44-51,53-55,57-61H,3-4,6,8-10,12,14-16,19,22,24,26-28,30,33,35-38H2,1-2H3,(H,52,56)/b7-5-,13-11-,18-17-,21-20-,25-23-,31-29-,34-32+. The molecule has 0 radical (unpaired) electrons. The molecule has 12 unspecified atom stereocenters. The highest BCUT2D eigenvalue weighted by Crippen LogP contribution is 2.30. The molecule has 2 aliphatic heterocycles. The van der Waals surface area contributed by atoms with Crippen LogP contribution in [0.15, 0.2) is 85.1 Å². The van der Waals surface area contributed by atoms with E-state index >= 15 is 0 Å². The zero-order chi connectivity index (χ0) is 47.5. The molecule has 0 spiro atoms. The second-order valence-electron chi connectivity index (χ2n) is 16.9. The molecule has 372 valence electrons.